The molecule has 506 valence electrons. The molecule has 16 rings (SSSR count). The van der Waals surface area contributed by atoms with E-state index in [1.165, 1.54) is 9.13 Å². The minimum atomic E-state index is -10.7. The Morgan fingerprint density at radius 3 is 1.39 bits per heavy atom. The van der Waals surface area contributed by atoms with Gasteiger partial charge in [0.1, 0.15) is 5.69 Å². The number of pyridine rings is 2. The summed E-state index contributed by atoms with van der Waals surface area (Å²) >= 11 is 2.11. The molecule has 0 fully saturated rings. The molecule has 0 unspecified atom stereocenters. The predicted octanol–water partition coefficient (Wildman–Crippen LogP) is 24.2. The van der Waals surface area contributed by atoms with Crippen LogP contribution in [0.2, 0.25) is 0 Å². The summed E-state index contributed by atoms with van der Waals surface area (Å²) in [6.07, 6.45) is 5.28. The summed E-state index contributed by atoms with van der Waals surface area (Å²) in [6.45, 7) is -4.70. The molecular weight excluding hydrogens is 1490 g/mol. The maximum atomic E-state index is 9.87. The zero-order chi connectivity index (χ0) is 75.4. The average molecular weight is 1550 g/mol. The molecule has 0 aliphatic carbocycles. The number of aryl methyl sites for hydroxylation is 2. The second kappa shape index (κ2) is 28.1. The van der Waals surface area contributed by atoms with E-state index in [1.807, 2.05) is 167 Å². The molecule has 4 heterocycles. The van der Waals surface area contributed by atoms with E-state index in [0.29, 0.717) is 20.5 Å². The fraction of sp³-hybridized carbons (Fsp3) is 0.0233. The van der Waals surface area contributed by atoms with E-state index in [0.717, 1.165) is 118 Å². The number of nitrogens with zero attached hydrogens (tertiary/aromatic N) is 8. The molecule has 16 heteroatoms. The molecule has 0 amide bonds. The molecule has 0 atom stereocenters. The van der Waals surface area contributed by atoms with Gasteiger partial charge >= 0.3 is 324 Å². The zero-order valence-corrected chi connectivity index (χ0v) is 57.2. The number of rotatable bonds is 14. The van der Waals surface area contributed by atoms with Gasteiger partial charge in [0.25, 0.3) is 0 Å². The van der Waals surface area contributed by atoms with Crippen LogP contribution in [0.4, 0.5) is 59.3 Å². The van der Waals surface area contributed by atoms with Crippen molar-refractivity contribution in [2.24, 2.45) is 14.0 Å². The van der Waals surface area contributed by atoms with Gasteiger partial charge in [-0.1, -0.05) is 115 Å². The van der Waals surface area contributed by atoms with Crippen LogP contribution in [-0.4, -0.2) is 23.7 Å². The first kappa shape index (κ1) is 60.2. The quantitative estimate of drug-likeness (QED) is 0.0471. The molecule has 0 spiro atoms. The Bertz CT molecular complexity index is 5840. The van der Waals surface area contributed by atoms with E-state index in [2.05, 4.69) is 227 Å². The molecule has 12 aromatic carbocycles. The summed E-state index contributed by atoms with van der Waals surface area (Å²) in [5, 5.41) is 0. The molecule has 0 bridgehead atoms. The molecule has 0 radical (unpaired) electrons. The number of benzene rings is 12. The van der Waals surface area contributed by atoms with Gasteiger partial charge in [-0.2, -0.15) is 4.57 Å². The van der Waals surface area contributed by atoms with E-state index >= 15 is 0 Å². The molecular formula is C86H63F6N8PPt-2. The normalized spacial score (nSPS) is 13.1. The summed E-state index contributed by atoms with van der Waals surface area (Å²) < 4.78 is 116. The molecule has 0 saturated heterocycles. The third-order valence-electron chi connectivity index (χ3n) is 16.8. The number of hydrogen-bond acceptors (Lipinski definition) is 4. The van der Waals surface area contributed by atoms with Crippen molar-refractivity contribution in [2.75, 3.05) is 9.80 Å². The molecule has 0 aliphatic rings. The first-order valence-corrected chi connectivity index (χ1v) is 35.4. The van der Waals surface area contributed by atoms with Crippen LogP contribution >= 0.6 is 7.81 Å². The number of anilines is 6. The first-order valence-electron chi connectivity index (χ1n) is 35.2. The predicted molar refractivity (Wildman–Crippen MR) is 399 cm³/mol. The number of aromatic nitrogens is 6. The van der Waals surface area contributed by atoms with Crippen molar-refractivity contribution in [1.82, 2.24) is 23.7 Å². The summed E-state index contributed by atoms with van der Waals surface area (Å²) in [7, 11) is -10.7. The molecule has 16 aromatic rings. The van der Waals surface area contributed by atoms with Gasteiger partial charge < -0.3 is 4.90 Å². The van der Waals surface area contributed by atoms with E-state index < -0.39 is 21.8 Å². The van der Waals surface area contributed by atoms with Crippen molar-refractivity contribution in [3.63, 3.8) is 0 Å². The standard InChI is InChI=1S/C43H33N4.C43H30N4.F6P.Pt/c2*1-45-31-46(42-27-9-8-26-41(42)45)35-20-13-22-37(30-35)47(36-21-12-19-34(29-36)40-25-10-11-28-44-40)43-38(32-15-4-2-5-16-32)23-14-24-39(43)33-17-6-3-7-18-33;1-7(2,3,4,5)6;/h2-31H,1H3;2-28H,1H3;;/q+1;-2;-1;/i2*1D3;;. The molecule has 0 N–H and O–H groups in total. The second-order valence-electron chi connectivity index (χ2n) is 23.6. The topological polar surface area (TPSA) is 50.9 Å². The monoisotopic (exact) mass is 1550 g/mol. The number of para-hydroxylation sites is 6. The van der Waals surface area contributed by atoms with Gasteiger partial charge in [-0.3, -0.25) is 4.98 Å². The molecule has 102 heavy (non-hydrogen) atoms. The van der Waals surface area contributed by atoms with Crippen LogP contribution in [0.3, 0.4) is 0 Å². The molecule has 4 aromatic heterocycles. The minimum absolute atomic E-state index is 0.550. The summed E-state index contributed by atoms with van der Waals surface area (Å²) in [5.41, 5.74) is 21.9. The summed E-state index contributed by atoms with van der Waals surface area (Å²) in [4.78, 5) is 13.8. The van der Waals surface area contributed by atoms with Gasteiger partial charge in [-0.15, -0.1) is 0 Å². The number of fused-ring (bicyclic) bond motifs is 2. The average Bonchev–Trinajstić information content (AvgIpc) is 1.53. The van der Waals surface area contributed by atoms with Gasteiger partial charge in [0.2, 0.25) is 6.33 Å². The first-order chi connectivity index (χ1) is 51.8. The zero-order valence-electron chi connectivity index (χ0n) is 60.0. The van der Waals surface area contributed by atoms with Crippen molar-refractivity contribution in [3.8, 4) is 78.4 Å². The van der Waals surface area contributed by atoms with Gasteiger partial charge in [0, 0.05) is 34.6 Å². The van der Waals surface area contributed by atoms with Crippen molar-refractivity contribution < 1.29 is 57.3 Å². The van der Waals surface area contributed by atoms with Crippen LogP contribution < -0.4 is 14.4 Å². The number of imidazole rings is 2. The van der Waals surface area contributed by atoms with Crippen molar-refractivity contribution in [2.45, 2.75) is 0 Å². The number of hydrogen-bond donors (Lipinski definition) is 0. The van der Waals surface area contributed by atoms with E-state index in [4.69, 9.17) is 8.22 Å². The molecule has 0 saturated carbocycles. The van der Waals surface area contributed by atoms with Crippen LogP contribution in [0.25, 0.3) is 100 Å². The Hall–Kier alpha value is -11.8. The third kappa shape index (κ3) is 15.2. The Morgan fingerprint density at radius 2 is 0.853 bits per heavy atom. The fourth-order valence-corrected chi connectivity index (χ4v) is 13.3. The van der Waals surface area contributed by atoms with Crippen LogP contribution in [0, 0.1) is 15.9 Å². The maximum absolute atomic E-state index is 10.7. The SMILES string of the molecule is F[P-](F)(F)(F)(F)F.[2H]C([2H])([2H])[n+]1cn(-c2cccc(N(c3cccc(-c4ccccn4)c3)c3c(-c4ccccc4)cccc3-c3ccccc3)c2)c2ccccc21.[2H]C([2H])([2H])n1[c](=[Pt])n(-c2[c-]c(N(c3[c-]c(-c4ccccn4)ccc3)c3c(-c4ccccc4)cccc3-c3ccccc3)ccc2)c2ccccc21. The second-order valence-corrected chi connectivity index (χ2v) is 26.5. The van der Waals surface area contributed by atoms with Crippen LogP contribution in [0.15, 0.2) is 346 Å². The van der Waals surface area contributed by atoms with E-state index in [-0.39, 0.29) is 0 Å². The van der Waals surface area contributed by atoms with E-state index in [9.17, 15) is 25.2 Å². The van der Waals surface area contributed by atoms with Gasteiger partial charge in [0.05, 0.1) is 28.2 Å². The van der Waals surface area contributed by atoms with Crippen molar-refractivity contribution in [3.05, 3.63) is 362 Å². The van der Waals surface area contributed by atoms with Crippen molar-refractivity contribution in [1.29, 1.82) is 0 Å². The summed E-state index contributed by atoms with van der Waals surface area (Å²) in [5.74, 6) is 0. The van der Waals surface area contributed by atoms with Crippen LogP contribution in [0.5, 0.6) is 0 Å². The Balaban J connectivity index is 0.000000166. The Morgan fingerprint density at radius 1 is 0.412 bits per heavy atom. The number of halogens is 6. The van der Waals surface area contributed by atoms with Crippen molar-refractivity contribution >= 4 is 64.0 Å². The van der Waals surface area contributed by atoms with Gasteiger partial charge in [-0.25, -0.2) is 4.57 Å². The third-order valence-corrected chi connectivity index (χ3v) is 17.9. The molecule has 8 nitrogen and oxygen atoms in total. The van der Waals surface area contributed by atoms with Gasteiger partial charge in [-0.05, 0) is 65.7 Å². The Kier molecular flexibility index (Phi) is 16.6. The fourth-order valence-electron chi connectivity index (χ4n) is 12.5. The molecule has 0 aliphatic heterocycles. The van der Waals surface area contributed by atoms with E-state index in [1.54, 1.807) is 12.5 Å². The van der Waals surface area contributed by atoms with Crippen LogP contribution in [-0.2, 0) is 33.3 Å². The summed E-state index contributed by atoms with van der Waals surface area (Å²) in [6, 6.07) is 118. The Labute approximate surface area is 605 Å². The van der Waals surface area contributed by atoms with Gasteiger partial charge in [0.15, 0.2) is 11.0 Å². The van der Waals surface area contributed by atoms with Crippen LogP contribution in [0.1, 0.15) is 8.22 Å².